The van der Waals surface area contributed by atoms with Crippen molar-refractivity contribution in [1.82, 2.24) is 4.98 Å². The maximum Gasteiger partial charge on any atom is 0.247 e. The molecule has 2 aliphatic rings. The number of amides is 2. The number of anilines is 1. The van der Waals surface area contributed by atoms with Gasteiger partial charge in [0.1, 0.15) is 11.1 Å². The molecule has 2 heterocycles. The predicted molar refractivity (Wildman–Crippen MR) is 108 cm³/mol. The van der Waals surface area contributed by atoms with E-state index in [9.17, 15) is 14.9 Å². The van der Waals surface area contributed by atoms with Gasteiger partial charge in [0.15, 0.2) is 0 Å². The number of benzene rings is 1. The zero-order valence-corrected chi connectivity index (χ0v) is 16.4. The van der Waals surface area contributed by atoms with Crippen molar-refractivity contribution in [2.24, 2.45) is 0 Å². The molecular weight excluding hydrogens is 370 g/mol. The number of aromatic nitrogens is 1. The van der Waals surface area contributed by atoms with E-state index in [2.05, 4.69) is 6.07 Å². The zero-order valence-electron chi connectivity index (χ0n) is 15.6. The van der Waals surface area contributed by atoms with E-state index in [1.807, 2.05) is 12.1 Å². The third-order valence-corrected chi connectivity index (χ3v) is 6.45. The lowest BCUT2D eigenvalue weighted by Gasteiger charge is -2.17. The molecule has 0 unspecified atom stereocenters. The lowest BCUT2D eigenvalue weighted by Crippen LogP contribution is -2.31. The Kier molecular flexibility index (Phi) is 5.45. The molecule has 142 valence electrons. The van der Waals surface area contributed by atoms with Crippen LogP contribution in [0.4, 0.5) is 5.69 Å². The largest absolute Gasteiger partial charge is 0.274 e. The summed E-state index contributed by atoms with van der Waals surface area (Å²) < 4.78 is 0. The Labute approximate surface area is 168 Å². The van der Waals surface area contributed by atoms with Gasteiger partial charge in [-0.25, -0.2) is 9.88 Å². The Morgan fingerprint density at radius 1 is 1.07 bits per heavy atom. The van der Waals surface area contributed by atoms with E-state index in [0.29, 0.717) is 16.3 Å². The molecule has 4 rings (SSSR count). The molecule has 0 N–H and O–H groups in total. The van der Waals surface area contributed by atoms with E-state index in [1.165, 1.54) is 29.5 Å². The second-order valence-corrected chi connectivity index (χ2v) is 8.38. The van der Waals surface area contributed by atoms with Crippen LogP contribution >= 0.6 is 11.8 Å². The SMILES string of the molecule is N#Cc1cc2c(nc1S[C@H]1CC(=O)N(c3ccccc3)C1=O)CCCCCC2. The monoisotopic (exact) mass is 391 g/mol. The maximum absolute atomic E-state index is 12.9. The van der Waals surface area contributed by atoms with Crippen LogP contribution in [0.2, 0.25) is 0 Å². The summed E-state index contributed by atoms with van der Waals surface area (Å²) in [6.45, 7) is 0. The minimum Gasteiger partial charge on any atom is -0.274 e. The third-order valence-electron chi connectivity index (χ3n) is 5.26. The first-order chi connectivity index (χ1) is 13.7. The van der Waals surface area contributed by atoms with Gasteiger partial charge in [-0.3, -0.25) is 9.59 Å². The Morgan fingerprint density at radius 2 is 1.82 bits per heavy atom. The van der Waals surface area contributed by atoms with Crippen LogP contribution in [0.5, 0.6) is 0 Å². The van der Waals surface area contributed by atoms with Crippen molar-refractivity contribution >= 4 is 29.3 Å². The first-order valence-electron chi connectivity index (χ1n) is 9.69. The Hall–Kier alpha value is -2.65. The highest BCUT2D eigenvalue weighted by Crippen LogP contribution is 2.35. The molecule has 0 bridgehead atoms. The average Bonchev–Trinajstić information content (AvgIpc) is 2.96. The molecule has 1 fully saturated rings. The van der Waals surface area contributed by atoms with Crippen molar-refractivity contribution in [2.75, 3.05) is 4.90 Å². The van der Waals surface area contributed by atoms with Crippen LogP contribution in [0.15, 0.2) is 41.4 Å². The number of aryl methyl sites for hydroxylation is 2. The normalized spacial score (nSPS) is 19.7. The summed E-state index contributed by atoms with van der Waals surface area (Å²) in [4.78, 5) is 31.4. The van der Waals surface area contributed by atoms with Gasteiger partial charge in [-0.05, 0) is 49.4 Å². The van der Waals surface area contributed by atoms with Crippen molar-refractivity contribution in [1.29, 1.82) is 5.26 Å². The molecule has 28 heavy (non-hydrogen) atoms. The fourth-order valence-electron chi connectivity index (χ4n) is 3.82. The number of imide groups is 1. The van der Waals surface area contributed by atoms with Crippen LogP contribution < -0.4 is 4.90 Å². The van der Waals surface area contributed by atoms with E-state index in [1.54, 1.807) is 24.3 Å². The van der Waals surface area contributed by atoms with Gasteiger partial charge in [0, 0.05) is 12.1 Å². The number of para-hydroxylation sites is 1. The molecule has 1 atom stereocenters. The summed E-state index contributed by atoms with van der Waals surface area (Å²) in [6.07, 6.45) is 6.61. The lowest BCUT2D eigenvalue weighted by molar-refractivity contribution is -0.121. The number of nitriles is 1. The number of rotatable bonds is 3. The van der Waals surface area contributed by atoms with Crippen molar-refractivity contribution in [3.63, 3.8) is 0 Å². The van der Waals surface area contributed by atoms with Gasteiger partial charge in [0.2, 0.25) is 11.8 Å². The van der Waals surface area contributed by atoms with E-state index in [0.717, 1.165) is 36.9 Å². The summed E-state index contributed by atoms with van der Waals surface area (Å²) in [5.41, 5.74) is 3.29. The van der Waals surface area contributed by atoms with Gasteiger partial charge in [-0.15, -0.1) is 0 Å². The first-order valence-corrected chi connectivity index (χ1v) is 10.6. The van der Waals surface area contributed by atoms with E-state index < -0.39 is 5.25 Å². The number of thioether (sulfide) groups is 1. The smallest absolute Gasteiger partial charge is 0.247 e. The second-order valence-electron chi connectivity index (χ2n) is 7.19. The van der Waals surface area contributed by atoms with Crippen LogP contribution in [-0.2, 0) is 22.4 Å². The molecule has 1 aromatic heterocycles. The zero-order chi connectivity index (χ0) is 19.5. The number of fused-ring (bicyclic) bond motifs is 1. The van der Waals surface area contributed by atoms with Crippen molar-refractivity contribution in [3.05, 3.63) is 53.2 Å². The second kappa shape index (κ2) is 8.15. The van der Waals surface area contributed by atoms with Gasteiger partial charge in [0.05, 0.1) is 16.5 Å². The summed E-state index contributed by atoms with van der Waals surface area (Å²) >= 11 is 1.25. The Balaban J connectivity index is 1.60. The van der Waals surface area contributed by atoms with E-state index in [-0.39, 0.29) is 18.2 Å². The molecule has 1 aliphatic carbocycles. The summed E-state index contributed by atoms with van der Waals surface area (Å²) in [6, 6.07) is 13.1. The van der Waals surface area contributed by atoms with Gasteiger partial charge >= 0.3 is 0 Å². The average molecular weight is 391 g/mol. The van der Waals surface area contributed by atoms with Crippen molar-refractivity contribution < 1.29 is 9.59 Å². The van der Waals surface area contributed by atoms with Crippen LogP contribution in [0.25, 0.3) is 0 Å². The lowest BCUT2D eigenvalue weighted by atomic mass is 9.96. The van der Waals surface area contributed by atoms with Gasteiger partial charge in [-0.2, -0.15) is 5.26 Å². The van der Waals surface area contributed by atoms with Gasteiger partial charge < -0.3 is 0 Å². The molecule has 0 radical (unpaired) electrons. The van der Waals surface area contributed by atoms with E-state index in [4.69, 9.17) is 4.98 Å². The fourth-order valence-corrected chi connectivity index (χ4v) is 4.91. The fraction of sp³-hybridized carbons (Fsp3) is 0.364. The molecular formula is C22H21N3O2S. The van der Waals surface area contributed by atoms with Crippen LogP contribution in [-0.4, -0.2) is 22.0 Å². The van der Waals surface area contributed by atoms with Gasteiger partial charge in [0.25, 0.3) is 0 Å². The van der Waals surface area contributed by atoms with Crippen molar-refractivity contribution in [2.45, 2.75) is 55.2 Å². The highest BCUT2D eigenvalue weighted by Gasteiger charge is 2.40. The third kappa shape index (κ3) is 3.67. The summed E-state index contributed by atoms with van der Waals surface area (Å²) in [5.74, 6) is -0.447. The molecule has 1 saturated heterocycles. The number of carbonyl (C=O) groups excluding carboxylic acids is 2. The molecule has 1 aromatic carbocycles. The topological polar surface area (TPSA) is 74.1 Å². The Morgan fingerprint density at radius 3 is 2.57 bits per heavy atom. The van der Waals surface area contributed by atoms with Crippen LogP contribution in [0, 0.1) is 11.3 Å². The molecule has 6 heteroatoms. The first kappa shape index (κ1) is 18.7. The molecule has 2 aromatic rings. The standard InChI is InChI=1S/C22H21N3O2S/c23-14-16-12-15-8-4-1-2-7-11-18(15)24-21(16)28-19-13-20(26)25(22(19)27)17-9-5-3-6-10-17/h3,5-6,9-10,12,19H,1-2,4,7-8,11,13H2/t19-/m0/s1. The van der Waals surface area contributed by atoms with Gasteiger partial charge in [-0.1, -0.05) is 42.8 Å². The van der Waals surface area contributed by atoms with E-state index >= 15 is 0 Å². The summed E-state index contributed by atoms with van der Waals surface area (Å²) in [7, 11) is 0. The van der Waals surface area contributed by atoms with Crippen LogP contribution in [0.1, 0.15) is 48.9 Å². The quantitative estimate of drug-likeness (QED) is 0.739. The summed E-state index contributed by atoms with van der Waals surface area (Å²) in [5, 5.41) is 9.63. The number of carbonyl (C=O) groups is 2. The highest BCUT2D eigenvalue weighted by atomic mass is 32.2. The maximum atomic E-state index is 12.9. The number of pyridine rings is 1. The molecule has 5 nitrogen and oxygen atoms in total. The Bertz CT molecular complexity index is 952. The molecule has 2 amide bonds. The molecule has 1 aliphatic heterocycles. The highest BCUT2D eigenvalue weighted by molar-refractivity contribution is 8.00. The number of hydrogen-bond donors (Lipinski definition) is 0. The predicted octanol–water partition coefficient (Wildman–Crippen LogP) is 4.04. The molecule has 0 saturated carbocycles. The minimum atomic E-state index is -0.543. The van der Waals surface area contributed by atoms with Crippen molar-refractivity contribution in [3.8, 4) is 6.07 Å². The number of nitrogens with zero attached hydrogens (tertiary/aromatic N) is 3. The number of hydrogen-bond acceptors (Lipinski definition) is 5. The minimum absolute atomic E-state index is 0.127. The molecule has 0 spiro atoms. The van der Waals surface area contributed by atoms with Crippen LogP contribution in [0.3, 0.4) is 0 Å².